The average molecular weight is 637 g/mol. The summed E-state index contributed by atoms with van der Waals surface area (Å²) < 4.78 is 0. The molecule has 0 aliphatic carbocycles. The topological polar surface area (TPSA) is 105 Å². The van der Waals surface area contributed by atoms with Crippen LogP contribution in [0.5, 0.6) is 0 Å². The maximum atomic E-state index is 10.8. The summed E-state index contributed by atoms with van der Waals surface area (Å²) in [6, 6.07) is 0. The van der Waals surface area contributed by atoms with Gasteiger partial charge in [-0.2, -0.15) is 0 Å². The van der Waals surface area contributed by atoms with Crippen molar-refractivity contribution < 1.29 is 24.0 Å². The van der Waals surface area contributed by atoms with Gasteiger partial charge in [-0.3, -0.25) is 24.0 Å². The van der Waals surface area contributed by atoms with E-state index in [1.165, 1.54) is 70.6 Å². The van der Waals surface area contributed by atoms with Gasteiger partial charge in [0.05, 0.1) is 0 Å². The van der Waals surface area contributed by atoms with Crippen LogP contribution in [0.25, 0.3) is 0 Å². The zero-order valence-corrected chi connectivity index (χ0v) is 29.5. The molecule has 5 aliphatic rings. The number of hydrogen-bond donors (Lipinski definition) is 0. The molecule has 0 saturated carbocycles. The molecule has 11 heteroatoms. The minimum Gasteiger partial charge on any atom is -0.343 e. The molecule has 0 N–H and O–H groups in total. The summed E-state index contributed by atoms with van der Waals surface area (Å²) in [6.45, 7) is 19.9. The highest BCUT2D eigenvalue weighted by Crippen LogP contribution is 2.09. The number of piperidine rings is 3. The van der Waals surface area contributed by atoms with Gasteiger partial charge in [0.25, 0.3) is 0 Å². The van der Waals surface area contributed by atoms with Gasteiger partial charge in [0.1, 0.15) is 0 Å². The Balaban J connectivity index is 0.000000282. The van der Waals surface area contributed by atoms with E-state index in [0.29, 0.717) is 0 Å². The Morgan fingerprint density at radius 3 is 0.644 bits per heavy atom. The van der Waals surface area contributed by atoms with Crippen LogP contribution in [0, 0.1) is 0 Å². The summed E-state index contributed by atoms with van der Waals surface area (Å²) in [4.78, 5) is 65.3. The van der Waals surface area contributed by atoms with Gasteiger partial charge in [-0.15, -0.1) is 0 Å². The first-order valence-corrected chi connectivity index (χ1v) is 17.4. The molecule has 5 amide bonds. The second kappa shape index (κ2) is 23.6. The quantitative estimate of drug-likeness (QED) is 0.404. The van der Waals surface area contributed by atoms with Gasteiger partial charge in [0, 0.05) is 113 Å². The van der Waals surface area contributed by atoms with E-state index in [9.17, 15) is 24.0 Å². The average Bonchev–Trinajstić information content (AvgIpc) is 3.60. The molecule has 0 spiro atoms. The predicted octanol–water partition coefficient (Wildman–Crippen LogP) is 3.47. The van der Waals surface area contributed by atoms with Gasteiger partial charge in [0.2, 0.25) is 29.5 Å². The van der Waals surface area contributed by atoms with Crippen molar-refractivity contribution in [1.29, 1.82) is 0 Å². The summed E-state index contributed by atoms with van der Waals surface area (Å²) in [6.07, 6.45) is 13.4. The Morgan fingerprint density at radius 2 is 0.467 bits per heavy atom. The Morgan fingerprint density at radius 1 is 0.289 bits per heavy atom. The molecule has 5 rings (SSSR count). The Labute approximate surface area is 273 Å². The van der Waals surface area contributed by atoms with Crippen molar-refractivity contribution in [3.8, 4) is 0 Å². The molecule has 0 radical (unpaired) electrons. The summed E-state index contributed by atoms with van der Waals surface area (Å²) in [5.41, 5.74) is 0. The fraction of sp³-hybridized carbons (Fsp3) is 0.853. The van der Waals surface area contributed by atoms with E-state index in [1.807, 2.05) is 24.5 Å². The summed E-state index contributed by atoms with van der Waals surface area (Å²) in [5, 5.41) is 0. The van der Waals surface area contributed by atoms with E-state index >= 15 is 0 Å². The van der Waals surface area contributed by atoms with Gasteiger partial charge in [-0.25, -0.2) is 0 Å². The van der Waals surface area contributed by atoms with Crippen molar-refractivity contribution in [2.45, 2.75) is 105 Å². The van der Waals surface area contributed by atoms with E-state index in [0.717, 1.165) is 78.5 Å². The highest BCUT2D eigenvalue weighted by Gasteiger charge is 2.15. The van der Waals surface area contributed by atoms with E-state index in [4.69, 9.17) is 0 Å². The third-order valence-electron chi connectivity index (χ3n) is 8.90. The molecule has 45 heavy (non-hydrogen) atoms. The van der Waals surface area contributed by atoms with Crippen molar-refractivity contribution in [3.63, 3.8) is 0 Å². The normalized spacial score (nSPS) is 20.1. The second-order valence-corrected chi connectivity index (χ2v) is 12.7. The molecular formula is C34H64N6O5. The van der Waals surface area contributed by atoms with Gasteiger partial charge in [-0.05, 0) is 77.7 Å². The lowest BCUT2D eigenvalue weighted by atomic mass is 10.1. The third-order valence-corrected chi connectivity index (χ3v) is 8.90. The number of piperazine rings is 1. The minimum atomic E-state index is 0.202. The second-order valence-electron chi connectivity index (χ2n) is 12.7. The fourth-order valence-electron chi connectivity index (χ4n) is 5.78. The van der Waals surface area contributed by atoms with Crippen LogP contribution in [-0.4, -0.2) is 145 Å². The molecule has 5 heterocycles. The Bertz CT molecular complexity index is 802. The standard InChI is InChI=1S/C7H14N2O.3C7H13NO.C6H11NO/c1-7(10)9-5-3-8(2)4-6-9;3*1-7(9)8-5-3-2-4-6-8;1-6(8)7-4-2-3-5-7/h3-6H2,1-2H3;3*2-6H2,1H3;2-5H2,1H3. The van der Waals surface area contributed by atoms with Crippen LogP contribution < -0.4 is 0 Å². The number of amides is 5. The van der Waals surface area contributed by atoms with E-state index in [2.05, 4.69) is 11.9 Å². The molecule has 0 atom stereocenters. The van der Waals surface area contributed by atoms with Crippen LogP contribution in [0.1, 0.15) is 105 Å². The number of rotatable bonds is 0. The first kappa shape index (κ1) is 40.3. The first-order chi connectivity index (χ1) is 21.4. The molecule has 0 bridgehead atoms. The molecule has 0 aromatic rings. The fourth-order valence-corrected chi connectivity index (χ4v) is 5.78. The van der Waals surface area contributed by atoms with E-state index in [-0.39, 0.29) is 29.5 Å². The van der Waals surface area contributed by atoms with Crippen LogP contribution >= 0.6 is 0 Å². The molecule has 5 fully saturated rings. The van der Waals surface area contributed by atoms with Crippen molar-refractivity contribution >= 4 is 29.5 Å². The molecule has 5 saturated heterocycles. The van der Waals surface area contributed by atoms with Crippen LogP contribution in [0.4, 0.5) is 0 Å². The lowest BCUT2D eigenvalue weighted by Crippen LogP contribution is -2.46. The third kappa shape index (κ3) is 18.8. The summed E-state index contributed by atoms with van der Waals surface area (Å²) in [7, 11) is 2.08. The number of likely N-dealkylation sites (tertiary alicyclic amines) is 4. The molecular weight excluding hydrogens is 572 g/mol. The number of hydrogen-bond acceptors (Lipinski definition) is 6. The SMILES string of the molecule is CC(=O)N1CCCC1.CC(=O)N1CCCCC1.CC(=O)N1CCCCC1.CC(=O)N1CCCCC1.CC(=O)N1CCN(C)CC1. The predicted molar refractivity (Wildman–Crippen MR) is 180 cm³/mol. The number of nitrogens with zero attached hydrogens (tertiary/aromatic N) is 6. The molecule has 0 unspecified atom stereocenters. The molecule has 0 aromatic heterocycles. The number of likely N-dealkylation sites (N-methyl/N-ethyl adjacent to an activating group) is 1. The highest BCUT2D eigenvalue weighted by molar-refractivity contribution is 5.74. The lowest BCUT2D eigenvalue weighted by molar-refractivity contribution is -0.131. The van der Waals surface area contributed by atoms with Gasteiger partial charge >= 0.3 is 0 Å². The van der Waals surface area contributed by atoms with Crippen LogP contribution in [-0.2, 0) is 24.0 Å². The maximum Gasteiger partial charge on any atom is 0.219 e. The van der Waals surface area contributed by atoms with Gasteiger partial charge < -0.3 is 29.4 Å². The van der Waals surface area contributed by atoms with Gasteiger partial charge in [0.15, 0.2) is 0 Å². The van der Waals surface area contributed by atoms with Crippen LogP contribution in [0.3, 0.4) is 0 Å². The highest BCUT2D eigenvalue weighted by atomic mass is 16.2. The molecule has 5 aliphatic heterocycles. The van der Waals surface area contributed by atoms with Crippen molar-refractivity contribution in [2.75, 3.05) is 85.6 Å². The zero-order chi connectivity index (χ0) is 33.6. The largest absolute Gasteiger partial charge is 0.343 e. The van der Waals surface area contributed by atoms with Crippen molar-refractivity contribution in [1.82, 2.24) is 29.4 Å². The van der Waals surface area contributed by atoms with Gasteiger partial charge in [-0.1, -0.05) is 0 Å². The summed E-state index contributed by atoms with van der Waals surface area (Å²) in [5.74, 6) is 1.12. The Hall–Kier alpha value is -2.69. The Kier molecular flexibility index (Phi) is 21.2. The van der Waals surface area contributed by atoms with Crippen LogP contribution in [0.15, 0.2) is 0 Å². The summed E-state index contributed by atoms with van der Waals surface area (Å²) >= 11 is 0. The van der Waals surface area contributed by atoms with E-state index in [1.54, 1.807) is 34.6 Å². The van der Waals surface area contributed by atoms with Crippen molar-refractivity contribution in [2.24, 2.45) is 0 Å². The monoisotopic (exact) mass is 636 g/mol. The lowest BCUT2D eigenvalue weighted by Gasteiger charge is -2.31. The minimum absolute atomic E-state index is 0.202. The molecule has 260 valence electrons. The van der Waals surface area contributed by atoms with Crippen LogP contribution in [0.2, 0.25) is 0 Å². The van der Waals surface area contributed by atoms with Crippen molar-refractivity contribution in [3.05, 3.63) is 0 Å². The zero-order valence-electron chi connectivity index (χ0n) is 29.5. The maximum absolute atomic E-state index is 10.8. The first-order valence-electron chi connectivity index (χ1n) is 17.4. The number of carbonyl (C=O) groups is 5. The number of carbonyl (C=O) groups excluding carboxylic acids is 5. The molecule has 11 nitrogen and oxygen atoms in total. The van der Waals surface area contributed by atoms with E-state index < -0.39 is 0 Å². The molecule has 0 aromatic carbocycles. The smallest absolute Gasteiger partial charge is 0.219 e.